The minimum atomic E-state index is -0.00367. The monoisotopic (exact) mass is 221 g/mol. The summed E-state index contributed by atoms with van der Waals surface area (Å²) in [5.74, 6) is 1.26. The lowest BCUT2D eigenvalue weighted by atomic mass is 9.83. The van der Waals surface area contributed by atoms with E-state index in [9.17, 15) is 0 Å². The molecule has 4 nitrogen and oxygen atoms in total. The Hall–Kier alpha value is -1.16. The molecular formula is C12H19N3O. The lowest BCUT2D eigenvalue weighted by molar-refractivity contribution is 0.281. The fraction of sp³-hybridized carbons (Fsp3) is 0.667. The molecular weight excluding hydrogens is 202 g/mol. The van der Waals surface area contributed by atoms with Crippen molar-refractivity contribution < 1.29 is 5.11 Å². The number of rotatable bonds is 4. The molecule has 2 N–H and O–H groups in total. The van der Waals surface area contributed by atoms with Gasteiger partial charge in [0.15, 0.2) is 0 Å². The van der Waals surface area contributed by atoms with E-state index in [0.29, 0.717) is 11.9 Å². The van der Waals surface area contributed by atoms with Crippen LogP contribution in [0.3, 0.4) is 0 Å². The number of hydrogen-bond donors (Lipinski definition) is 2. The zero-order valence-corrected chi connectivity index (χ0v) is 9.90. The van der Waals surface area contributed by atoms with E-state index in [1.54, 1.807) is 0 Å². The Morgan fingerprint density at radius 3 is 2.81 bits per heavy atom. The molecule has 0 spiro atoms. The maximum Gasteiger partial charge on any atom is 0.223 e. The van der Waals surface area contributed by atoms with Gasteiger partial charge in [0.05, 0.1) is 6.61 Å². The molecule has 1 heterocycles. The van der Waals surface area contributed by atoms with Crippen LogP contribution >= 0.6 is 0 Å². The van der Waals surface area contributed by atoms with Gasteiger partial charge >= 0.3 is 0 Å². The molecule has 16 heavy (non-hydrogen) atoms. The van der Waals surface area contributed by atoms with Crippen molar-refractivity contribution in [1.29, 1.82) is 0 Å². The van der Waals surface area contributed by atoms with Gasteiger partial charge in [-0.1, -0.05) is 6.42 Å². The summed E-state index contributed by atoms with van der Waals surface area (Å²) in [4.78, 5) is 8.84. The molecule has 0 unspecified atom stereocenters. The first-order chi connectivity index (χ1) is 7.69. The van der Waals surface area contributed by atoms with Crippen LogP contribution in [0.1, 0.15) is 43.5 Å². The number of aliphatic hydroxyl groups is 1. The van der Waals surface area contributed by atoms with Crippen LogP contribution in [0.15, 0.2) is 6.07 Å². The summed E-state index contributed by atoms with van der Waals surface area (Å²) in [5.41, 5.74) is 2.14. The summed E-state index contributed by atoms with van der Waals surface area (Å²) in [6, 6.07) is 2.06. The topological polar surface area (TPSA) is 58.0 Å². The third kappa shape index (κ3) is 2.50. The number of aliphatic hydroxyl groups excluding tert-OH is 1. The van der Waals surface area contributed by atoms with E-state index >= 15 is 0 Å². The van der Waals surface area contributed by atoms with Gasteiger partial charge in [0, 0.05) is 23.3 Å². The second-order valence-corrected chi connectivity index (χ2v) is 4.61. The molecule has 1 atom stereocenters. The van der Waals surface area contributed by atoms with Crippen LogP contribution in [0, 0.1) is 6.92 Å². The van der Waals surface area contributed by atoms with Crippen LogP contribution in [-0.2, 0) is 0 Å². The average Bonchev–Trinajstić information content (AvgIpc) is 2.13. The first kappa shape index (κ1) is 11.3. The number of nitrogens with zero attached hydrogens (tertiary/aromatic N) is 2. The van der Waals surface area contributed by atoms with Crippen LogP contribution in [0.25, 0.3) is 0 Å². The molecule has 0 aliphatic heterocycles. The molecule has 88 valence electrons. The number of anilines is 1. The average molecular weight is 221 g/mol. The highest BCUT2D eigenvalue weighted by molar-refractivity contribution is 5.30. The molecule has 1 aromatic heterocycles. The van der Waals surface area contributed by atoms with E-state index in [-0.39, 0.29) is 12.6 Å². The minimum absolute atomic E-state index is 0.00367. The lowest BCUT2D eigenvalue weighted by Gasteiger charge is -2.25. The lowest BCUT2D eigenvalue weighted by Crippen LogP contribution is -2.22. The Morgan fingerprint density at radius 1 is 1.50 bits per heavy atom. The molecule has 0 amide bonds. The van der Waals surface area contributed by atoms with Gasteiger partial charge in [0.2, 0.25) is 5.95 Å². The second-order valence-electron chi connectivity index (χ2n) is 4.61. The smallest absolute Gasteiger partial charge is 0.223 e. The van der Waals surface area contributed by atoms with Gasteiger partial charge in [-0.05, 0) is 32.8 Å². The van der Waals surface area contributed by atoms with Crippen LogP contribution in [0.4, 0.5) is 5.95 Å². The van der Waals surface area contributed by atoms with E-state index in [2.05, 4.69) is 21.4 Å². The molecule has 1 aromatic rings. The third-order valence-corrected chi connectivity index (χ3v) is 3.05. The highest BCUT2D eigenvalue weighted by Gasteiger charge is 2.21. The zero-order chi connectivity index (χ0) is 11.5. The Kier molecular flexibility index (Phi) is 3.39. The van der Waals surface area contributed by atoms with Crippen molar-refractivity contribution in [3.05, 3.63) is 17.5 Å². The van der Waals surface area contributed by atoms with Gasteiger partial charge in [-0.15, -0.1) is 0 Å². The summed E-state index contributed by atoms with van der Waals surface area (Å²) in [6.07, 6.45) is 3.79. The summed E-state index contributed by atoms with van der Waals surface area (Å²) in [6.45, 7) is 3.99. The van der Waals surface area contributed by atoms with E-state index in [4.69, 9.17) is 5.11 Å². The molecule has 0 bridgehead atoms. The highest BCUT2D eigenvalue weighted by Crippen LogP contribution is 2.35. The van der Waals surface area contributed by atoms with Crippen molar-refractivity contribution in [3.8, 4) is 0 Å². The Morgan fingerprint density at radius 2 is 2.25 bits per heavy atom. The van der Waals surface area contributed by atoms with Gasteiger partial charge in [-0.3, -0.25) is 0 Å². The molecule has 2 rings (SSSR count). The quantitative estimate of drug-likeness (QED) is 0.814. The van der Waals surface area contributed by atoms with Gasteiger partial charge in [0.25, 0.3) is 0 Å². The predicted octanol–water partition coefficient (Wildman–Crippen LogP) is 1.85. The normalized spacial score (nSPS) is 17.9. The highest BCUT2D eigenvalue weighted by atomic mass is 16.3. The van der Waals surface area contributed by atoms with Crippen LogP contribution < -0.4 is 5.32 Å². The minimum Gasteiger partial charge on any atom is -0.394 e. The van der Waals surface area contributed by atoms with Gasteiger partial charge in [0.1, 0.15) is 0 Å². The summed E-state index contributed by atoms with van der Waals surface area (Å²) in [5, 5.41) is 12.1. The first-order valence-corrected chi connectivity index (χ1v) is 5.92. The Labute approximate surface area is 96.1 Å². The Balaban J connectivity index is 2.14. The van der Waals surface area contributed by atoms with Crippen molar-refractivity contribution in [3.63, 3.8) is 0 Å². The van der Waals surface area contributed by atoms with Crippen molar-refractivity contribution >= 4 is 5.95 Å². The Bertz CT molecular complexity index is 363. The van der Waals surface area contributed by atoms with Gasteiger partial charge in [-0.2, -0.15) is 0 Å². The fourth-order valence-corrected chi connectivity index (χ4v) is 1.84. The molecule has 1 aliphatic rings. The van der Waals surface area contributed by atoms with Gasteiger partial charge in [-0.25, -0.2) is 9.97 Å². The SMILES string of the molecule is Cc1cc(C2CCC2)nc(N[C@@H](C)CO)n1. The summed E-state index contributed by atoms with van der Waals surface area (Å²) in [7, 11) is 0. The fourth-order valence-electron chi connectivity index (χ4n) is 1.84. The second kappa shape index (κ2) is 4.78. The van der Waals surface area contributed by atoms with E-state index in [1.165, 1.54) is 19.3 Å². The number of hydrogen-bond acceptors (Lipinski definition) is 4. The van der Waals surface area contributed by atoms with Gasteiger partial charge < -0.3 is 10.4 Å². The van der Waals surface area contributed by atoms with Crippen molar-refractivity contribution in [2.75, 3.05) is 11.9 Å². The third-order valence-electron chi connectivity index (χ3n) is 3.05. The number of aryl methyl sites for hydroxylation is 1. The molecule has 0 aromatic carbocycles. The largest absolute Gasteiger partial charge is 0.394 e. The maximum absolute atomic E-state index is 8.98. The predicted molar refractivity (Wildman–Crippen MR) is 63.5 cm³/mol. The van der Waals surface area contributed by atoms with Crippen molar-refractivity contribution in [1.82, 2.24) is 9.97 Å². The first-order valence-electron chi connectivity index (χ1n) is 5.92. The molecule has 1 aliphatic carbocycles. The zero-order valence-electron chi connectivity index (χ0n) is 9.90. The molecule has 1 fully saturated rings. The van der Waals surface area contributed by atoms with Crippen molar-refractivity contribution in [2.45, 2.75) is 45.1 Å². The van der Waals surface area contributed by atoms with E-state index < -0.39 is 0 Å². The van der Waals surface area contributed by atoms with Crippen molar-refractivity contribution in [2.24, 2.45) is 0 Å². The van der Waals surface area contributed by atoms with Crippen LogP contribution in [0.5, 0.6) is 0 Å². The van der Waals surface area contributed by atoms with Crippen LogP contribution in [0.2, 0.25) is 0 Å². The standard InChI is InChI=1S/C12H19N3O/c1-8-6-11(10-4-3-5-10)15-12(13-8)14-9(2)7-16/h6,9-10,16H,3-5,7H2,1-2H3,(H,13,14,15)/t9-/m0/s1. The molecule has 4 heteroatoms. The summed E-state index contributed by atoms with van der Waals surface area (Å²) >= 11 is 0. The number of aromatic nitrogens is 2. The number of nitrogens with one attached hydrogen (secondary N) is 1. The molecule has 0 saturated heterocycles. The van der Waals surface area contributed by atoms with E-state index in [1.807, 2.05) is 13.8 Å². The molecule has 0 radical (unpaired) electrons. The summed E-state index contributed by atoms with van der Waals surface area (Å²) < 4.78 is 0. The van der Waals surface area contributed by atoms with E-state index in [0.717, 1.165) is 11.4 Å². The maximum atomic E-state index is 8.98. The van der Waals surface area contributed by atoms with Crippen LogP contribution in [-0.4, -0.2) is 27.7 Å². The molecule has 1 saturated carbocycles.